The maximum atomic E-state index is 12.3. The van der Waals surface area contributed by atoms with Crippen molar-refractivity contribution >= 4 is 39.5 Å². The highest BCUT2D eigenvalue weighted by Gasteiger charge is 2.40. The molecule has 108 valence electrons. The molecule has 1 saturated heterocycles. The van der Waals surface area contributed by atoms with Crippen molar-refractivity contribution in [2.45, 2.75) is 24.3 Å². The number of rotatable bonds is 3. The lowest BCUT2D eigenvalue weighted by molar-refractivity contribution is -0.147. The van der Waals surface area contributed by atoms with Gasteiger partial charge in [0.05, 0.1) is 5.75 Å². The van der Waals surface area contributed by atoms with E-state index in [1.807, 2.05) is 24.3 Å². The molecule has 2 rings (SSSR count). The average molecular weight is 357 g/mol. The first kappa shape index (κ1) is 15.4. The van der Waals surface area contributed by atoms with Crippen molar-refractivity contribution in [2.24, 2.45) is 0 Å². The quantitative estimate of drug-likeness (QED) is 0.845. The van der Waals surface area contributed by atoms with E-state index >= 15 is 0 Å². The summed E-state index contributed by atoms with van der Waals surface area (Å²) < 4.78 is 1.02. The van der Waals surface area contributed by atoms with E-state index in [0.29, 0.717) is 18.8 Å². The largest absolute Gasteiger partial charge is 0.352 e. The molecule has 0 aliphatic carbocycles. The fraction of sp³-hybridized carbons (Fsp3) is 0.429. The van der Waals surface area contributed by atoms with Crippen molar-refractivity contribution in [3.8, 4) is 0 Å². The van der Waals surface area contributed by atoms with Gasteiger partial charge < -0.3 is 10.2 Å². The minimum Gasteiger partial charge on any atom is -0.352 e. The Morgan fingerprint density at radius 2 is 2.05 bits per heavy atom. The van der Waals surface area contributed by atoms with E-state index in [1.165, 1.54) is 11.8 Å². The van der Waals surface area contributed by atoms with E-state index in [-0.39, 0.29) is 11.8 Å². The van der Waals surface area contributed by atoms with E-state index in [1.54, 1.807) is 18.7 Å². The second-order valence-corrected chi connectivity index (χ2v) is 7.07. The first-order chi connectivity index (χ1) is 9.41. The van der Waals surface area contributed by atoms with Crippen LogP contribution in [0.25, 0.3) is 0 Å². The molecule has 1 aliphatic rings. The van der Waals surface area contributed by atoms with Gasteiger partial charge in [-0.05, 0) is 38.1 Å². The molecule has 1 heterocycles. The Balaban J connectivity index is 1.97. The molecule has 1 N–H and O–H groups in total. The summed E-state index contributed by atoms with van der Waals surface area (Å²) in [5, 5.41) is 2.79. The lowest BCUT2D eigenvalue weighted by Crippen LogP contribution is -2.63. The van der Waals surface area contributed by atoms with Crippen LogP contribution in [0.4, 0.5) is 0 Å². The lowest BCUT2D eigenvalue weighted by atomic mass is 9.99. The molecule has 2 amide bonds. The number of amides is 2. The molecule has 0 bridgehead atoms. The van der Waals surface area contributed by atoms with Crippen LogP contribution < -0.4 is 5.32 Å². The number of benzene rings is 1. The van der Waals surface area contributed by atoms with Crippen molar-refractivity contribution in [3.05, 3.63) is 28.7 Å². The van der Waals surface area contributed by atoms with Crippen LogP contribution in [0.2, 0.25) is 0 Å². The average Bonchev–Trinajstić information content (AvgIpc) is 2.41. The van der Waals surface area contributed by atoms with Crippen molar-refractivity contribution in [2.75, 3.05) is 18.8 Å². The van der Waals surface area contributed by atoms with Gasteiger partial charge in [-0.15, -0.1) is 11.8 Å². The monoisotopic (exact) mass is 356 g/mol. The van der Waals surface area contributed by atoms with Gasteiger partial charge in [0.25, 0.3) is 0 Å². The third kappa shape index (κ3) is 3.35. The predicted molar refractivity (Wildman–Crippen MR) is 83.7 cm³/mol. The number of hydrogen-bond acceptors (Lipinski definition) is 3. The number of carbonyl (C=O) groups excluding carboxylic acids is 2. The second-order valence-electron chi connectivity index (χ2n) is 5.10. The van der Waals surface area contributed by atoms with Crippen LogP contribution >= 0.6 is 27.7 Å². The maximum Gasteiger partial charge on any atom is 0.245 e. The molecule has 1 aromatic rings. The van der Waals surface area contributed by atoms with Gasteiger partial charge in [0.15, 0.2) is 0 Å². The third-order valence-corrected chi connectivity index (χ3v) is 4.85. The highest BCUT2D eigenvalue weighted by Crippen LogP contribution is 2.23. The summed E-state index contributed by atoms with van der Waals surface area (Å²) in [4.78, 5) is 26.8. The van der Waals surface area contributed by atoms with Crippen LogP contribution in [0.3, 0.4) is 0 Å². The van der Waals surface area contributed by atoms with Crippen molar-refractivity contribution < 1.29 is 9.59 Å². The molecule has 0 spiro atoms. The number of nitrogens with zero attached hydrogens (tertiary/aromatic N) is 1. The zero-order valence-electron chi connectivity index (χ0n) is 11.5. The summed E-state index contributed by atoms with van der Waals surface area (Å²) in [6, 6.07) is 7.84. The number of nitrogens with one attached hydrogen (secondary N) is 1. The SMILES string of the molecule is CC1(C)C(=O)NCCN1C(=O)CSc1ccc(Br)cc1. The molecule has 4 nitrogen and oxygen atoms in total. The molecule has 0 atom stereocenters. The molecule has 1 aliphatic heterocycles. The summed E-state index contributed by atoms with van der Waals surface area (Å²) in [7, 11) is 0. The summed E-state index contributed by atoms with van der Waals surface area (Å²) in [6.07, 6.45) is 0. The van der Waals surface area contributed by atoms with E-state index in [9.17, 15) is 9.59 Å². The molecule has 6 heteroatoms. The number of hydrogen-bond donors (Lipinski definition) is 1. The summed E-state index contributed by atoms with van der Waals surface area (Å²) in [5.74, 6) is 0.252. The van der Waals surface area contributed by atoms with Gasteiger partial charge in [-0.3, -0.25) is 9.59 Å². The van der Waals surface area contributed by atoms with E-state index < -0.39 is 5.54 Å². The molecule has 0 radical (unpaired) electrons. The minimum absolute atomic E-state index is 0.00207. The minimum atomic E-state index is -0.768. The van der Waals surface area contributed by atoms with Crippen LogP contribution in [-0.2, 0) is 9.59 Å². The van der Waals surface area contributed by atoms with Crippen LogP contribution in [0, 0.1) is 0 Å². The van der Waals surface area contributed by atoms with Crippen molar-refractivity contribution in [1.29, 1.82) is 0 Å². The van der Waals surface area contributed by atoms with Gasteiger partial charge in [0.1, 0.15) is 5.54 Å². The maximum absolute atomic E-state index is 12.3. The highest BCUT2D eigenvalue weighted by atomic mass is 79.9. The fourth-order valence-corrected chi connectivity index (χ4v) is 3.13. The van der Waals surface area contributed by atoms with Crippen molar-refractivity contribution in [3.63, 3.8) is 0 Å². The number of thioether (sulfide) groups is 1. The molecule has 20 heavy (non-hydrogen) atoms. The summed E-state index contributed by atoms with van der Waals surface area (Å²) in [6.45, 7) is 4.66. The Labute approximate surface area is 131 Å². The van der Waals surface area contributed by atoms with Gasteiger partial charge in [0, 0.05) is 22.5 Å². The van der Waals surface area contributed by atoms with Gasteiger partial charge >= 0.3 is 0 Å². The third-order valence-electron chi connectivity index (χ3n) is 3.33. The highest BCUT2D eigenvalue weighted by molar-refractivity contribution is 9.10. The molecule has 1 aromatic carbocycles. The summed E-state index contributed by atoms with van der Waals surface area (Å²) >= 11 is 4.87. The van der Waals surface area contributed by atoms with Crippen molar-refractivity contribution in [1.82, 2.24) is 10.2 Å². The molecule has 1 fully saturated rings. The smallest absolute Gasteiger partial charge is 0.245 e. The molecular weight excluding hydrogens is 340 g/mol. The number of halogens is 1. The van der Waals surface area contributed by atoms with E-state index in [4.69, 9.17) is 0 Å². The first-order valence-corrected chi connectivity index (χ1v) is 8.16. The van der Waals surface area contributed by atoms with E-state index in [0.717, 1.165) is 9.37 Å². The van der Waals surface area contributed by atoms with Crippen LogP contribution in [0.5, 0.6) is 0 Å². The summed E-state index contributed by atoms with van der Waals surface area (Å²) in [5.41, 5.74) is -0.768. The standard InChI is InChI=1S/C14H17BrN2O2S/c1-14(2)13(19)16-7-8-17(14)12(18)9-20-11-5-3-10(15)4-6-11/h3-6H,7-9H2,1-2H3,(H,16,19). The van der Waals surface area contributed by atoms with Gasteiger partial charge in [0.2, 0.25) is 11.8 Å². The Morgan fingerprint density at radius 3 is 2.70 bits per heavy atom. The Kier molecular flexibility index (Phi) is 4.75. The topological polar surface area (TPSA) is 49.4 Å². The Morgan fingerprint density at radius 1 is 1.40 bits per heavy atom. The second kappa shape index (κ2) is 6.18. The molecule has 0 unspecified atom stereocenters. The van der Waals surface area contributed by atoms with Crippen LogP contribution in [-0.4, -0.2) is 41.1 Å². The molecule has 0 aromatic heterocycles. The normalized spacial score (nSPS) is 17.8. The van der Waals surface area contributed by atoms with Gasteiger partial charge in [-0.2, -0.15) is 0 Å². The van der Waals surface area contributed by atoms with Crippen LogP contribution in [0.1, 0.15) is 13.8 Å². The van der Waals surface area contributed by atoms with Crippen LogP contribution in [0.15, 0.2) is 33.6 Å². The zero-order chi connectivity index (χ0) is 14.8. The molecule has 0 saturated carbocycles. The Hall–Kier alpha value is -1.01. The number of carbonyl (C=O) groups is 2. The Bertz CT molecular complexity index is 516. The van der Waals surface area contributed by atoms with Gasteiger partial charge in [-0.1, -0.05) is 15.9 Å². The zero-order valence-corrected chi connectivity index (χ0v) is 13.9. The lowest BCUT2D eigenvalue weighted by Gasteiger charge is -2.41. The molecular formula is C14H17BrN2O2S. The fourth-order valence-electron chi connectivity index (χ4n) is 2.09. The van der Waals surface area contributed by atoms with Gasteiger partial charge in [-0.25, -0.2) is 0 Å². The number of piperazine rings is 1. The first-order valence-electron chi connectivity index (χ1n) is 6.38. The van der Waals surface area contributed by atoms with E-state index in [2.05, 4.69) is 21.2 Å². The predicted octanol–water partition coefficient (Wildman–Crippen LogP) is 2.28.